The number of anilines is 2. The molecular formula is C24H17ClFN3O4. The standard InChI is InChI=1S/C24H17ClFN3O4/c25-19-12-15(13-20-23(31)29(24(32)28-20)18-4-2-1-3-5-18)6-11-21(19)33-14-22(30)27-17-9-7-16(26)8-10-17/h1-13H,14H2,(H,27,30)(H,28,32)/b20-13+. The van der Waals surface area contributed by atoms with Crippen molar-refractivity contribution in [2.45, 2.75) is 0 Å². The quantitative estimate of drug-likeness (QED) is 0.411. The second-order valence-corrected chi connectivity index (χ2v) is 7.41. The first-order chi connectivity index (χ1) is 15.9. The molecule has 1 aliphatic rings. The molecule has 0 spiro atoms. The third kappa shape index (κ3) is 5.19. The summed E-state index contributed by atoms with van der Waals surface area (Å²) < 4.78 is 18.4. The molecule has 0 saturated carbocycles. The summed E-state index contributed by atoms with van der Waals surface area (Å²) >= 11 is 6.26. The fraction of sp³-hybridized carbons (Fsp3) is 0.0417. The average molecular weight is 466 g/mol. The van der Waals surface area contributed by atoms with E-state index in [1.807, 2.05) is 0 Å². The number of nitrogens with zero attached hydrogens (tertiary/aromatic N) is 1. The van der Waals surface area contributed by atoms with Crippen molar-refractivity contribution >= 4 is 46.9 Å². The van der Waals surface area contributed by atoms with Crippen LogP contribution in [0.1, 0.15) is 5.56 Å². The predicted molar refractivity (Wildman–Crippen MR) is 122 cm³/mol. The van der Waals surface area contributed by atoms with Gasteiger partial charge in [0.25, 0.3) is 11.8 Å². The summed E-state index contributed by atoms with van der Waals surface area (Å²) in [5, 5.41) is 5.35. The van der Waals surface area contributed by atoms with E-state index in [1.54, 1.807) is 48.5 Å². The Morgan fingerprint density at radius 2 is 1.79 bits per heavy atom. The van der Waals surface area contributed by atoms with Gasteiger partial charge in [-0.2, -0.15) is 0 Å². The van der Waals surface area contributed by atoms with E-state index >= 15 is 0 Å². The maximum absolute atomic E-state index is 12.9. The minimum absolute atomic E-state index is 0.104. The Bertz CT molecular complexity index is 1250. The van der Waals surface area contributed by atoms with Crippen LogP contribution < -0.4 is 20.3 Å². The lowest BCUT2D eigenvalue weighted by molar-refractivity contribution is -0.118. The zero-order valence-corrected chi connectivity index (χ0v) is 17.8. The summed E-state index contributed by atoms with van der Waals surface area (Å²) in [6.45, 7) is -0.307. The molecule has 3 aromatic rings. The van der Waals surface area contributed by atoms with Crippen LogP contribution in [0.5, 0.6) is 5.75 Å². The number of rotatable bonds is 6. The van der Waals surface area contributed by atoms with E-state index in [9.17, 15) is 18.8 Å². The third-order valence-corrected chi connectivity index (χ3v) is 4.94. The van der Waals surface area contributed by atoms with Crippen molar-refractivity contribution in [2.24, 2.45) is 0 Å². The lowest BCUT2D eigenvalue weighted by Gasteiger charge is -2.11. The van der Waals surface area contributed by atoms with Crippen LogP contribution in [0.2, 0.25) is 5.02 Å². The van der Waals surface area contributed by atoms with Crippen LogP contribution in [0.15, 0.2) is 78.5 Å². The van der Waals surface area contributed by atoms with Gasteiger partial charge in [0.2, 0.25) is 0 Å². The Kier molecular flexibility index (Phi) is 6.37. The first-order valence-corrected chi connectivity index (χ1v) is 10.2. The van der Waals surface area contributed by atoms with Crippen molar-refractivity contribution in [3.8, 4) is 5.75 Å². The van der Waals surface area contributed by atoms with E-state index in [1.165, 1.54) is 30.3 Å². The molecule has 2 N–H and O–H groups in total. The topological polar surface area (TPSA) is 87.7 Å². The summed E-state index contributed by atoms with van der Waals surface area (Å²) in [6, 6.07) is 18.1. The van der Waals surface area contributed by atoms with Gasteiger partial charge in [-0.05, 0) is 60.2 Å². The molecular weight excluding hydrogens is 449 g/mol. The molecule has 0 aromatic heterocycles. The molecule has 0 unspecified atom stereocenters. The van der Waals surface area contributed by atoms with E-state index in [0.717, 1.165) is 4.90 Å². The Hall–Kier alpha value is -4.17. The van der Waals surface area contributed by atoms with Crippen molar-refractivity contribution in [3.05, 3.63) is 94.9 Å². The van der Waals surface area contributed by atoms with Gasteiger partial charge in [-0.15, -0.1) is 0 Å². The molecule has 1 saturated heterocycles. The number of nitrogens with one attached hydrogen (secondary N) is 2. The molecule has 166 valence electrons. The average Bonchev–Trinajstić information content (AvgIpc) is 3.08. The number of amides is 4. The van der Waals surface area contributed by atoms with Gasteiger partial charge in [-0.25, -0.2) is 14.1 Å². The number of carbonyl (C=O) groups is 3. The van der Waals surface area contributed by atoms with Crippen LogP contribution in [0.25, 0.3) is 6.08 Å². The number of para-hydroxylation sites is 1. The molecule has 3 aromatic carbocycles. The molecule has 33 heavy (non-hydrogen) atoms. The normalized spacial score (nSPS) is 14.4. The first kappa shape index (κ1) is 22.0. The molecule has 1 aliphatic heterocycles. The van der Waals surface area contributed by atoms with Crippen molar-refractivity contribution in [1.82, 2.24) is 5.32 Å². The van der Waals surface area contributed by atoms with Crippen molar-refractivity contribution < 1.29 is 23.5 Å². The number of ether oxygens (including phenoxy) is 1. The number of hydrogen-bond donors (Lipinski definition) is 2. The molecule has 4 rings (SSSR count). The smallest absolute Gasteiger partial charge is 0.333 e. The van der Waals surface area contributed by atoms with Crippen LogP contribution in [0, 0.1) is 5.82 Å². The summed E-state index contributed by atoms with van der Waals surface area (Å²) in [5.41, 5.74) is 1.56. The Balaban J connectivity index is 1.40. The zero-order chi connectivity index (χ0) is 23.4. The Labute approximate surface area is 193 Å². The molecule has 4 amide bonds. The summed E-state index contributed by atoms with van der Waals surface area (Å²) in [4.78, 5) is 38.0. The molecule has 0 radical (unpaired) electrons. The SMILES string of the molecule is O=C(COc1ccc(/C=C2/NC(=O)N(c3ccccc3)C2=O)cc1Cl)Nc1ccc(F)cc1. The van der Waals surface area contributed by atoms with Crippen molar-refractivity contribution in [2.75, 3.05) is 16.8 Å². The van der Waals surface area contributed by atoms with Crippen LogP contribution in [0.4, 0.5) is 20.6 Å². The summed E-state index contributed by atoms with van der Waals surface area (Å²) in [5.74, 6) is -1.07. The van der Waals surface area contributed by atoms with E-state index < -0.39 is 23.7 Å². The number of urea groups is 1. The number of halogens is 2. The van der Waals surface area contributed by atoms with E-state index in [0.29, 0.717) is 16.9 Å². The molecule has 0 bridgehead atoms. The molecule has 9 heteroatoms. The molecule has 0 atom stereocenters. The zero-order valence-electron chi connectivity index (χ0n) is 17.0. The van der Waals surface area contributed by atoms with Gasteiger partial charge in [0.05, 0.1) is 10.7 Å². The number of carbonyl (C=O) groups excluding carboxylic acids is 3. The second-order valence-electron chi connectivity index (χ2n) is 7.00. The highest BCUT2D eigenvalue weighted by atomic mass is 35.5. The van der Waals surface area contributed by atoms with Gasteiger partial charge in [0.15, 0.2) is 6.61 Å². The van der Waals surface area contributed by atoms with Gasteiger partial charge >= 0.3 is 6.03 Å². The van der Waals surface area contributed by atoms with Crippen LogP contribution in [-0.4, -0.2) is 24.5 Å². The largest absolute Gasteiger partial charge is 0.482 e. The van der Waals surface area contributed by atoms with E-state index in [-0.39, 0.29) is 23.1 Å². The minimum Gasteiger partial charge on any atom is -0.482 e. The van der Waals surface area contributed by atoms with E-state index in [4.69, 9.17) is 16.3 Å². The third-order valence-electron chi connectivity index (χ3n) is 4.65. The lowest BCUT2D eigenvalue weighted by atomic mass is 10.2. The molecule has 7 nitrogen and oxygen atoms in total. The fourth-order valence-corrected chi connectivity index (χ4v) is 3.35. The van der Waals surface area contributed by atoms with E-state index in [2.05, 4.69) is 10.6 Å². The van der Waals surface area contributed by atoms with Crippen LogP contribution in [0.3, 0.4) is 0 Å². The second kappa shape index (κ2) is 9.54. The minimum atomic E-state index is -0.546. The molecule has 1 heterocycles. The molecule has 1 fully saturated rings. The predicted octanol–water partition coefficient (Wildman–Crippen LogP) is 4.59. The van der Waals surface area contributed by atoms with Gasteiger partial charge in [-0.3, -0.25) is 9.59 Å². The van der Waals surface area contributed by atoms with Crippen LogP contribution in [-0.2, 0) is 9.59 Å². The number of imide groups is 1. The van der Waals surface area contributed by atoms with Crippen molar-refractivity contribution in [1.29, 1.82) is 0 Å². The highest BCUT2D eigenvalue weighted by Gasteiger charge is 2.34. The highest BCUT2D eigenvalue weighted by molar-refractivity contribution is 6.32. The Morgan fingerprint density at radius 1 is 1.06 bits per heavy atom. The maximum atomic E-state index is 12.9. The van der Waals surface area contributed by atoms with Gasteiger partial charge < -0.3 is 15.4 Å². The Morgan fingerprint density at radius 3 is 2.48 bits per heavy atom. The number of benzene rings is 3. The van der Waals surface area contributed by atoms with Gasteiger partial charge in [0, 0.05) is 5.69 Å². The van der Waals surface area contributed by atoms with Crippen molar-refractivity contribution in [3.63, 3.8) is 0 Å². The van der Waals surface area contributed by atoms with Crippen LogP contribution >= 0.6 is 11.6 Å². The monoisotopic (exact) mass is 465 g/mol. The summed E-state index contributed by atoms with van der Waals surface area (Å²) in [7, 11) is 0. The first-order valence-electron chi connectivity index (χ1n) is 9.80. The highest BCUT2D eigenvalue weighted by Crippen LogP contribution is 2.28. The molecule has 0 aliphatic carbocycles. The van der Waals surface area contributed by atoms with Gasteiger partial charge in [0.1, 0.15) is 17.3 Å². The van der Waals surface area contributed by atoms with Gasteiger partial charge in [-0.1, -0.05) is 35.9 Å². The summed E-state index contributed by atoms with van der Waals surface area (Å²) in [6.07, 6.45) is 1.50. The maximum Gasteiger partial charge on any atom is 0.333 e. The lowest BCUT2D eigenvalue weighted by Crippen LogP contribution is -2.30. The fourth-order valence-electron chi connectivity index (χ4n) is 3.11. The number of hydrogen-bond acceptors (Lipinski definition) is 4.